The molecular weight excluding hydrogens is 417 g/mol. The molecule has 2 aromatic rings. The van der Waals surface area contributed by atoms with Crippen molar-refractivity contribution in [1.82, 2.24) is 4.31 Å². The Bertz CT molecular complexity index is 1020. The van der Waals surface area contributed by atoms with E-state index >= 15 is 0 Å². The molecule has 3 N–H and O–H groups in total. The minimum atomic E-state index is -4.51. The summed E-state index contributed by atoms with van der Waals surface area (Å²) in [7, 11) is -4.51. The first-order valence-corrected chi connectivity index (χ1v) is 10.2. The van der Waals surface area contributed by atoms with Gasteiger partial charge in [0.25, 0.3) is 0 Å². The second-order valence-corrected chi connectivity index (χ2v) is 8.64. The molecule has 0 aliphatic rings. The van der Waals surface area contributed by atoms with Crippen molar-refractivity contribution in [2.24, 2.45) is 5.14 Å². The number of nitrogens with one attached hydrogen (secondary N) is 1. The molecule has 0 unspecified atom stereocenters. The summed E-state index contributed by atoms with van der Waals surface area (Å²) in [4.78, 5) is 24.0. The van der Waals surface area contributed by atoms with Gasteiger partial charge in [-0.15, -0.1) is 0 Å². The fourth-order valence-corrected chi connectivity index (χ4v) is 2.78. The van der Waals surface area contributed by atoms with E-state index in [1.165, 1.54) is 12.1 Å². The number of carbonyl (C=O) groups excluding carboxylic acids is 2. The molecule has 162 valence electrons. The van der Waals surface area contributed by atoms with E-state index in [-0.39, 0.29) is 15.6 Å². The number of nitrogens with zero attached hydrogens (tertiary/aromatic N) is 1. The predicted molar refractivity (Wildman–Crippen MR) is 107 cm³/mol. The first-order chi connectivity index (χ1) is 13.8. The van der Waals surface area contributed by atoms with Gasteiger partial charge in [-0.3, -0.25) is 5.32 Å². The molecule has 9 nitrogen and oxygen atoms in total. The molecule has 0 aromatic heterocycles. The molecule has 0 radical (unpaired) electrons. The van der Waals surface area contributed by atoms with Gasteiger partial charge in [-0.25, -0.2) is 19.1 Å². The van der Waals surface area contributed by atoms with E-state index in [9.17, 15) is 22.4 Å². The summed E-state index contributed by atoms with van der Waals surface area (Å²) < 4.78 is 48.3. The molecule has 11 heteroatoms. The fourth-order valence-electron chi connectivity index (χ4n) is 2.22. The third kappa shape index (κ3) is 7.01. The molecule has 0 atom stereocenters. The van der Waals surface area contributed by atoms with Gasteiger partial charge in [0.1, 0.15) is 17.2 Å². The molecule has 0 bridgehead atoms. The molecule has 2 aromatic carbocycles. The minimum absolute atomic E-state index is 0.0663. The largest absolute Gasteiger partial charge is 0.443 e. The topological polar surface area (TPSA) is 128 Å². The molecule has 0 fully saturated rings. The molecule has 0 saturated carbocycles. The third-order valence-electron chi connectivity index (χ3n) is 3.47. The van der Waals surface area contributed by atoms with Gasteiger partial charge >= 0.3 is 22.4 Å². The summed E-state index contributed by atoms with van der Waals surface area (Å²) in [5.41, 5.74) is -1.07. The zero-order valence-electron chi connectivity index (χ0n) is 16.6. The van der Waals surface area contributed by atoms with Crippen LogP contribution in [0.1, 0.15) is 26.3 Å². The molecule has 2 amide bonds. The maximum atomic E-state index is 14.5. The summed E-state index contributed by atoms with van der Waals surface area (Å²) in [5.74, 6) is -0.571. The quantitative estimate of drug-likeness (QED) is 0.735. The lowest BCUT2D eigenvalue weighted by Crippen LogP contribution is -2.43. The van der Waals surface area contributed by atoms with Gasteiger partial charge in [-0.2, -0.15) is 12.7 Å². The van der Waals surface area contributed by atoms with Crippen LogP contribution < -0.4 is 15.2 Å². The van der Waals surface area contributed by atoms with Crippen molar-refractivity contribution in [2.75, 3.05) is 5.32 Å². The number of para-hydroxylation sites is 1. The van der Waals surface area contributed by atoms with Gasteiger partial charge in [0, 0.05) is 11.3 Å². The summed E-state index contributed by atoms with van der Waals surface area (Å²) in [5, 5.41) is 7.41. The van der Waals surface area contributed by atoms with Gasteiger partial charge in [-0.05, 0) is 45.0 Å². The third-order valence-corrected chi connectivity index (χ3v) is 4.36. The molecular formula is C19H22FN3O6S. The van der Waals surface area contributed by atoms with Gasteiger partial charge in [-0.1, -0.05) is 24.3 Å². The van der Waals surface area contributed by atoms with E-state index in [1.54, 1.807) is 51.1 Å². The number of anilines is 1. The number of carbonyl (C=O) groups is 2. The van der Waals surface area contributed by atoms with Crippen LogP contribution in [0.2, 0.25) is 0 Å². The Labute approximate surface area is 173 Å². The highest BCUT2D eigenvalue weighted by atomic mass is 32.2. The van der Waals surface area contributed by atoms with E-state index < -0.39 is 40.4 Å². The van der Waals surface area contributed by atoms with E-state index in [4.69, 9.17) is 14.6 Å². The number of ether oxygens (including phenoxy) is 2. The van der Waals surface area contributed by atoms with Crippen molar-refractivity contribution in [3.8, 4) is 5.75 Å². The Morgan fingerprint density at radius 3 is 2.30 bits per heavy atom. The van der Waals surface area contributed by atoms with Gasteiger partial charge < -0.3 is 9.47 Å². The molecule has 0 saturated heterocycles. The van der Waals surface area contributed by atoms with Crippen LogP contribution >= 0.6 is 0 Å². The van der Waals surface area contributed by atoms with Crippen molar-refractivity contribution in [2.45, 2.75) is 32.9 Å². The Morgan fingerprint density at radius 1 is 1.13 bits per heavy atom. The molecule has 0 heterocycles. The molecule has 0 spiro atoms. The highest BCUT2D eigenvalue weighted by Crippen LogP contribution is 2.20. The normalized spacial score (nSPS) is 11.5. The zero-order chi connectivity index (χ0) is 22.5. The van der Waals surface area contributed by atoms with E-state index in [2.05, 4.69) is 5.32 Å². The Morgan fingerprint density at radius 2 is 1.77 bits per heavy atom. The summed E-state index contributed by atoms with van der Waals surface area (Å²) in [6.45, 7) is 3.94. The highest BCUT2D eigenvalue weighted by molar-refractivity contribution is 7.87. The van der Waals surface area contributed by atoms with Crippen molar-refractivity contribution in [3.63, 3.8) is 0 Å². The van der Waals surface area contributed by atoms with Crippen molar-refractivity contribution in [1.29, 1.82) is 0 Å². The van der Waals surface area contributed by atoms with E-state index in [0.29, 0.717) is 5.75 Å². The lowest BCUT2D eigenvalue weighted by molar-refractivity contribution is 0.0380. The molecule has 2 rings (SSSR count). The lowest BCUT2D eigenvalue weighted by atomic mass is 10.2. The van der Waals surface area contributed by atoms with Crippen molar-refractivity contribution < 1.29 is 31.9 Å². The average molecular weight is 439 g/mol. The molecule has 0 aliphatic carbocycles. The Hall–Kier alpha value is -3.18. The van der Waals surface area contributed by atoms with Gasteiger partial charge in [0.2, 0.25) is 0 Å². The maximum Gasteiger partial charge on any atom is 0.425 e. The number of hydrogen-bond donors (Lipinski definition) is 2. The SMILES string of the molecule is CC(C)(C)OC(=O)N(Cc1ccc(NC(=O)Oc2ccccc2)cc1F)S(N)(=O)=O. The Balaban J connectivity index is 2.13. The molecule has 0 aliphatic heterocycles. The number of nitrogens with two attached hydrogens (primary N) is 1. The zero-order valence-corrected chi connectivity index (χ0v) is 17.4. The van der Waals surface area contributed by atoms with Crippen molar-refractivity contribution >= 4 is 28.1 Å². The minimum Gasteiger partial charge on any atom is -0.443 e. The summed E-state index contributed by atoms with van der Waals surface area (Å²) in [6.07, 6.45) is -2.08. The number of amides is 2. The number of benzene rings is 2. The van der Waals surface area contributed by atoms with Gasteiger partial charge in [0.05, 0.1) is 6.54 Å². The van der Waals surface area contributed by atoms with E-state index in [0.717, 1.165) is 6.07 Å². The van der Waals surface area contributed by atoms with Gasteiger partial charge in [0.15, 0.2) is 0 Å². The smallest absolute Gasteiger partial charge is 0.425 e. The number of halogens is 1. The second kappa shape index (κ2) is 9.09. The number of hydrogen-bond acceptors (Lipinski definition) is 6. The molecule has 30 heavy (non-hydrogen) atoms. The fraction of sp³-hybridized carbons (Fsp3) is 0.263. The number of rotatable bonds is 5. The van der Waals surface area contributed by atoms with Crippen LogP contribution in [0.5, 0.6) is 5.75 Å². The van der Waals surface area contributed by atoms with Crippen molar-refractivity contribution in [3.05, 3.63) is 59.9 Å². The Kier molecular flexibility index (Phi) is 7.00. The van der Waals surface area contributed by atoms with Crippen LogP contribution in [0.3, 0.4) is 0 Å². The standard InChI is InChI=1S/C19H22FN3O6S/c1-19(2,3)29-18(25)23(30(21,26)27)12-13-9-10-14(11-16(13)20)22-17(24)28-15-7-5-4-6-8-15/h4-11H,12H2,1-3H3,(H,22,24)(H2,21,26,27). The first kappa shape index (κ1) is 23.1. The first-order valence-electron chi connectivity index (χ1n) is 8.71. The van der Waals surface area contributed by atoms with Crippen LogP contribution in [-0.4, -0.2) is 30.5 Å². The van der Waals surface area contributed by atoms with Crippen LogP contribution in [0.4, 0.5) is 19.7 Å². The highest BCUT2D eigenvalue weighted by Gasteiger charge is 2.30. The van der Waals surface area contributed by atoms with Crippen LogP contribution in [0, 0.1) is 5.82 Å². The predicted octanol–water partition coefficient (Wildman–Crippen LogP) is 3.38. The second-order valence-electron chi connectivity index (χ2n) is 7.17. The van der Waals surface area contributed by atoms with Crippen LogP contribution in [0.25, 0.3) is 0 Å². The lowest BCUT2D eigenvalue weighted by Gasteiger charge is -2.25. The average Bonchev–Trinajstić information content (AvgIpc) is 2.59. The monoisotopic (exact) mass is 439 g/mol. The van der Waals surface area contributed by atoms with Crippen LogP contribution in [-0.2, 0) is 21.5 Å². The summed E-state index contributed by atoms with van der Waals surface area (Å²) in [6, 6.07) is 11.7. The summed E-state index contributed by atoms with van der Waals surface area (Å²) >= 11 is 0. The van der Waals surface area contributed by atoms with Crippen LogP contribution in [0.15, 0.2) is 48.5 Å². The maximum absolute atomic E-state index is 14.5. The van der Waals surface area contributed by atoms with E-state index in [1.807, 2.05) is 0 Å².